The number of aromatic amines is 1. The third-order valence-corrected chi connectivity index (χ3v) is 7.31. The van der Waals surface area contributed by atoms with Gasteiger partial charge in [-0.05, 0) is 49.1 Å². The van der Waals surface area contributed by atoms with E-state index in [-0.39, 0.29) is 23.3 Å². The Morgan fingerprint density at radius 1 is 1.23 bits per heavy atom. The van der Waals surface area contributed by atoms with Gasteiger partial charge in [-0.15, -0.1) is 5.10 Å². The molecular weight excluding hydrogens is 392 g/mol. The lowest BCUT2D eigenvalue weighted by atomic mass is 9.59. The van der Waals surface area contributed by atoms with Crippen LogP contribution in [0.4, 0.5) is 0 Å². The summed E-state index contributed by atoms with van der Waals surface area (Å²) in [5, 5.41) is 12.0. The van der Waals surface area contributed by atoms with Crippen LogP contribution in [0, 0.1) is 5.41 Å². The highest BCUT2D eigenvalue weighted by Crippen LogP contribution is 2.56. The number of fused-ring (bicyclic) bond motifs is 1. The van der Waals surface area contributed by atoms with Crippen molar-refractivity contribution < 1.29 is 9.59 Å². The quantitative estimate of drug-likeness (QED) is 0.663. The molecule has 0 bridgehead atoms. The number of piperidine rings is 1. The maximum Gasteiger partial charge on any atom is 0.273 e. The number of likely N-dealkylation sites (tertiary alicyclic amines) is 1. The Balaban J connectivity index is 1.18. The second-order valence-electron chi connectivity index (χ2n) is 8.82. The minimum atomic E-state index is -0.213. The number of carbonyl (C=O) groups excluding carboxylic acids is 2. The Kier molecular flexibility index (Phi) is 5.00. The highest BCUT2D eigenvalue weighted by molar-refractivity contribution is 5.91. The molecule has 1 saturated carbocycles. The summed E-state index contributed by atoms with van der Waals surface area (Å²) in [5.74, 6) is 0.0221. The van der Waals surface area contributed by atoms with E-state index in [1.165, 1.54) is 10.9 Å². The smallest absolute Gasteiger partial charge is 0.273 e. The molecule has 1 unspecified atom stereocenters. The average Bonchev–Trinajstić information content (AvgIpc) is 3.44. The van der Waals surface area contributed by atoms with Crippen LogP contribution in [-0.4, -0.2) is 56.8 Å². The van der Waals surface area contributed by atoms with Crippen molar-refractivity contribution in [3.63, 3.8) is 0 Å². The number of hydrogen-bond donors (Lipinski definition) is 2. The standard InChI is InChI=1S/C23H28N6O2/c1-24-22(31)19-15-29(27-26-19)20-8-9-23(20)10-12-28(13-11-23)21(30)7-6-16-14-25-18-5-3-2-4-17(16)18/h2-5,14-15,20,25H,6-13H2,1H3,(H,24,31). The monoisotopic (exact) mass is 420 g/mol. The molecule has 31 heavy (non-hydrogen) atoms. The molecule has 8 nitrogen and oxygen atoms in total. The molecule has 162 valence electrons. The summed E-state index contributed by atoms with van der Waals surface area (Å²) in [6.07, 6.45) is 9.22. The van der Waals surface area contributed by atoms with Gasteiger partial charge in [-0.3, -0.25) is 9.59 Å². The van der Waals surface area contributed by atoms with Gasteiger partial charge in [0.15, 0.2) is 5.69 Å². The summed E-state index contributed by atoms with van der Waals surface area (Å²) in [6, 6.07) is 8.48. The molecule has 1 aromatic carbocycles. The van der Waals surface area contributed by atoms with E-state index in [2.05, 4.69) is 32.7 Å². The number of rotatable bonds is 5. The van der Waals surface area contributed by atoms with Crippen molar-refractivity contribution in [2.75, 3.05) is 20.1 Å². The first-order chi connectivity index (χ1) is 15.1. The normalized spacial score (nSPS) is 20.0. The topological polar surface area (TPSA) is 95.9 Å². The van der Waals surface area contributed by atoms with E-state index in [1.807, 2.05) is 27.9 Å². The van der Waals surface area contributed by atoms with Gasteiger partial charge in [0.2, 0.25) is 5.91 Å². The van der Waals surface area contributed by atoms with E-state index in [9.17, 15) is 9.59 Å². The van der Waals surface area contributed by atoms with Crippen LogP contribution in [0.15, 0.2) is 36.7 Å². The summed E-state index contributed by atoms with van der Waals surface area (Å²) in [7, 11) is 1.59. The lowest BCUT2D eigenvalue weighted by Gasteiger charge is -2.53. The number of carbonyl (C=O) groups is 2. The molecule has 3 heterocycles. The van der Waals surface area contributed by atoms with Crippen molar-refractivity contribution in [1.29, 1.82) is 0 Å². The average molecular weight is 421 g/mol. The number of nitrogens with one attached hydrogen (secondary N) is 2. The first-order valence-corrected chi connectivity index (χ1v) is 11.1. The molecule has 2 N–H and O–H groups in total. The van der Waals surface area contributed by atoms with Crippen LogP contribution >= 0.6 is 0 Å². The van der Waals surface area contributed by atoms with E-state index in [0.29, 0.717) is 12.1 Å². The number of aryl methyl sites for hydroxylation is 1. The first-order valence-electron chi connectivity index (χ1n) is 11.1. The van der Waals surface area contributed by atoms with E-state index < -0.39 is 0 Å². The number of aromatic nitrogens is 4. The molecule has 2 fully saturated rings. The fraction of sp³-hybridized carbons (Fsp3) is 0.478. The largest absolute Gasteiger partial charge is 0.361 e. The van der Waals surface area contributed by atoms with Crippen molar-refractivity contribution in [2.45, 2.75) is 44.6 Å². The predicted molar refractivity (Wildman–Crippen MR) is 117 cm³/mol. The lowest BCUT2D eigenvalue weighted by molar-refractivity contribution is -0.136. The minimum absolute atomic E-state index is 0.168. The molecule has 3 aromatic rings. The molecule has 2 aliphatic rings. The molecule has 1 saturated heterocycles. The number of benzene rings is 1. The molecule has 2 aromatic heterocycles. The first kappa shape index (κ1) is 19.8. The molecule has 0 radical (unpaired) electrons. The Morgan fingerprint density at radius 2 is 2.03 bits per heavy atom. The van der Waals surface area contributed by atoms with Crippen LogP contribution in [-0.2, 0) is 11.2 Å². The second-order valence-corrected chi connectivity index (χ2v) is 8.82. The van der Waals surface area contributed by atoms with Gasteiger partial charge < -0.3 is 15.2 Å². The Bertz CT molecular complexity index is 1110. The van der Waals surface area contributed by atoms with E-state index in [0.717, 1.165) is 50.7 Å². The van der Waals surface area contributed by atoms with E-state index in [4.69, 9.17) is 0 Å². The number of hydrogen-bond acceptors (Lipinski definition) is 4. The Hall–Kier alpha value is -3.16. The van der Waals surface area contributed by atoms with E-state index >= 15 is 0 Å². The van der Waals surface area contributed by atoms with Crippen LogP contribution < -0.4 is 5.32 Å². The van der Waals surface area contributed by atoms with Gasteiger partial charge in [-0.25, -0.2) is 4.68 Å². The Morgan fingerprint density at radius 3 is 2.77 bits per heavy atom. The van der Waals surface area contributed by atoms with Crippen molar-refractivity contribution in [3.05, 3.63) is 47.9 Å². The van der Waals surface area contributed by atoms with E-state index in [1.54, 1.807) is 13.2 Å². The molecule has 8 heteroatoms. The van der Waals surface area contributed by atoms with Gasteiger partial charge in [0, 0.05) is 43.7 Å². The maximum atomic E-state index is 12.9. The van der Waals surface area contributed by atoms with Gasteiger partial charge >= 0.3 is 0 Å². The summed E-state index contributed by atoms with van der Waals surface area (Å²) in [4.78, 5) is 29.9. The van der Waals surface area contributed by atoms with Crippen LogP contribution in [0.3, 0.4) is 0 Å². The SMILES string of the molecule is CNC(=O)c1cn(C2CCC23CCN(C(=O)CCc2c[nH]c4ccccc24)CC3)nn1. The van der Waals surface area contributed by atoms with Crippen LogP contribution in [0.1, 0.15) is 54.2 Å². The third-order valence-electron chi connectivity index (χ3n) is 7.31. The third kappa shape index (κ3) is 3.49. The van der Waals surface area contributed by atoms with Crippen molar-refractivity contribution >= 4 is 22.7 Å². The summed E-state index contributed by atoms with van der Waals surface area (Å²) in [5.41, 5.74) is 2.85. The molecule has 2 amide bonds. The Labute approximate surface area is 181 Å². The van der Waals surface area contributed by atoms with Crippen LogP contribution in [0.25, 0.3) is 10.9 Å². The molecule has 5 rings (SSSR count). The molecule has 1 aliphatic heterocycles. The number of para-hydroxylation sites is 1. The molecule has 1 spiro atoms. The highest BCUT2D eigenvalue weighted by atomic mass is 16.2. The zero-order valence-corrected chi connectivity index (χ0v) is 17.8. The summed E-state index contributed by atoms with van der Waals surface area (Å²) < 4.78 is 1.86. The van der Waals surface area contributed by atoms with Gasteiger partial charge in [-0.1, -0.05) is 23.4 Å². The number of nitrogens with zero attached hydrogens (tertiary/aromatic N) is 4. The van der Waals surface area contributed by atoms with Gasteiger partial charge in [0.05, 0.1) is 12.2 Å². The zero-order chi connectivity index (χ0) is 21.4. The second kappa shape index (κ2) is 7.83. The lowest BCUT2D eigenvalue weighted by Crippen LogP contribution is -2.51. The predicted octanol–water partition coefficient (Wildman–Crippen LogP) is 2.70. The number of amides is 2. The van der Waals surface area contributed by atoms with Crippen molar-refractivity contribution in [3.8, 4) is 0 Å². The van der Waals surface area contributed by atoms with Gasteiger partial charge in [0.1, 0.15) is 0 Å². The van der Waals surface area contributed by atoms with Crippen molar-refractivity contribution in [2.24, 2.45) is 5.41 Å². The van der Waals surface area contributed by atoms with Crippen LogP contribution in [0.5, 0.6) is 0 Å². The molecule has 1 aliphatic carbocycles. The number of H-pyrrole nitrogens is 1. The fourth-order valence-electron chi connectivity index (χ4n) is 5.28. The van der Waals surface area contributed by atoms with Crippen molar-refractivity contribution in [1.82, 2.24) is 30.2 Å². The summed E-state index contributed by atoms with van der Waals surface area (Å²) in [6.45, 7) is 1.58. The van der Waals surface area contributed by atoms with Gasteiger partial charge in [-0.2, -0.15) is 0 Å². The van der Waals surface area contributed by atoms with Crippen LogP contribution in [0.2, 0.25) is 0 Å². The summed E-state index contributed by atoms with van der Waals surface area (Å²) >= 11 is 0. The van der Waals surface area contributed by atoms with Gasteiger partial charge in [0.25, 0.3) is 5.91 Å². The minimum Gasteiger partial charge on any atom is -0.361 e. The highest BCUT2D eigenvalue weighted by Gasteiger charge is 2.50. The fourth-order valence-corrected chi connectivity index (χ4v) is 5.28. The zero-order valence-electron chi connectivity index (χ0n) is 17.8. The molecular formula is C23H28N6O2. The maximum absolute atomic E-state index is 12.9. The molecule has 1 atom stereocenters.